The van der Waals surface area contributed by atoms with Gasteiger partial charge in [-0.05, 0) is 42.1 Å². The zero-order valence-corrected chi connectivity index (χ0v) is 16.4. The molecule has 3 heterocycles. The number of rotatable bonds is 6. The third-order valence-electron chi connectivity index (χ3n) is 4.58. The molecule has 1 fully saturated rings. The number of sulfone groups is 1. The summed E-state index contributed by atoms with van der Waals surface area (Å²) in [4.78, 5) is 7.44. The maximum Gasteiger partial charge on any atom is 0.244 e. The maximum absolute atomic E-state index is 13.0. The highest BCUT2D eigenvalue weighted by Gasteiger charge is 2.36. The summed E-state index contributed by atoms with van der Waals surface area (Å²) in [7, 11) is -3.72. The van der Waals surface area contributed by atoms with Crippen molar-refractivity contribution in [3.8, 4) is 0 Å². The zero-order chi connectivity index (χ0) is 19.7. The van der Waals surface area contributed by atoms with Crippen LogP contribution in [0.2, 0.25) is 0 Å². The minimum absolute atomic E-state index is 0.00383. The molecule has 0 amide bonds. The van der Waals surface area contributed by atoms with Crippen LogP contribution in [0.3, 0.4) is 0 Å². The number of hydrogen-bond acceptors (Lipinski definition) is 8. The Kier molecular flexibility index (Phi) is 5.28. The van der Waals surface area contributed by atoms with E-state index in [0.717, 1.165) is 17.0 Å². The number of aliphatic hydroxyl groups excluding tert-OH is 1. The van der Waals surface area contributed by atoms with Crippen molar-refractivity contribution >= 4 is 21.2 Å². The number of aliphatic hydroxyl groups is 1. The van der Waals surface area contributed by atoms with Gasteiger partial charge in [-0.25, -0.2) is 12.8 Å². The van der Waals surface area contributed by atoms with Crippen LogP contribution < -0.4 is 0 Å². The van der Waals surface area contributed by atoms with Crippen LogP contribution in [0.4, 0.5) is 4.39 Å². The van der Waals surface area contributed by atoms with Gasteiger partial charge in [0.2, 0.25) is 5.89 Å². The van der Waals surface area contributed by atoms with Crippen molar-refractivity contribution in [1.29, 1.82) is 0 Å². The highest BCUT2D eigenvalue weighted by atomic mass is 32.2. The lowest BCUT2D eigenvalue weighted by Gasteiger charge is -2.20. The first-order chi connectivity index (χ1) is 13.4. The van der Waals surface area contributed by atoms with Crippen LogP contribution in [0.25, 0.3) is 0 Å². The molecule has 1 saturated heterocycles. The normalized spacial score (nSPS) is 20.6. The number of halogens is 1. The van der Waals surface area contributed by atoms with E-state index in [2.05, 4.69) is 10.1 Å². The highest BCUT2D eigenvalue weighted by Crippen LogP contribution is 2.33. The number of benzene rings is 1. The monoisotopic (exact) mass is 423 g/mol. The largest absolute Gasteiger partial charge is 0.392 e. The summed E-state index contributed by atoms with van der Waals surface area (Å²) in [5.41, 5.74) is 0. The van der Waals surface area contributed by atoms with Gasteiger partial charge in [-0.1, -0.05) is 11.2 Å². The molecule has 1 N–H and O–H groups in total. The fraction of sp³-hybridized carbons (Fsp3) is 0.333. The van der Waals surface area contributed by atoms with Gasteiger partial charge in [0.15, 0.2) is 15.7 Å². The standard InChI is InChI=1S/C18H18FN3O4S2/c19-12-3-5-15(6-4-12)28(24,25)11-17-20-18(26-21-17)16-8-13(23)9-22(16)10-14-2-1-7-27-14/h1-7,13,16,23H,8-11H2/t13-,16+/m1/s1. The minimum Gasteiger partial charge on any atom is -0.392 e. The van der Waals surface area contributed by atoms with Crippen LogP contribution in [0.15, 0.2) is 51.2 Å². The Morgan fingerprint density at radius 1 is 1.29 bits per heavy atom. The Balaban J connectivity index is 1.51. The summed E-state index contributed by atoms with van der Waals surface area (Å²) in [6, 6.07) is 8.32. The number of likely N-dealkylation sites (tertiary alicyclic amines) is 1. The molecule has 3 aromatic rings. The number of β-amino-alcohol motifs (C(OH)–C–C–N with tert-alkyl or cyclic N) is 1. The lowest BCUT2D eigenvalue weighted by atomic mass is 10.2. The summed E-state index contributed by atoms with van der Waals surface area (Å²) < 4.78 is 43.3. The van der Waals surface area contributed by atoms with Crippen LogP contribution >= 0.6 is 11.3 Å². The fourth-order valence-corrected chi connectivity index (χ4v) is 5.17. The highest BCUT2D eigenvalue weighted by molar-refractivity contribution is 7.90. The molecule has 7 nitrogen and oxygen atoms in total. The second kappa shape index (κ2) is 7.70. The maximum atomic E-state index is 13.0. The van der Waals surface area contributed by atoms with E-state index in [1.807, 2.05) is 22.4 Å². The predicted octanol–water partition coefficient (Wildman–Crippen LogP) is 2.55. The van der Waals surface area contributed by atoms with Crippen molar-refractivity contribution in [3.63, 3.8) is 0 Å². The molecule has 0 bridgehead atoms. The summed E-state index contributed by atoms with van der Waals surface area (Å²) in [5, 5.41) is 15.9. The van der Waals surface area contributed by atoms with Crippen molar-refractivity contribution in [2.45, 2.75) is 35.8 Å². The molecule has 0 aliphatic carbocycles. The summed E-state index contributed by atoms with van der Waals surface area (Å²) in [5.74, 6) is -0.622. The van der Waals surface area contributed by atoms with E-state index in [1.165, 1.54) is 12.1 Å². The number of nitrogens with zero attached hydrogens (tertiary/aromatic N) is 3. The van der Waals surface area contributed by atoms with Crippen molar-refractivity contribution in [2.24, 2.45) is 0 Å². The number of aromatic nitrogens is 2. The van der Waals surface area contributed by atoms with Crippen LogP contribution in [-0.4, -0.2) is 41.2 Å². The Labute approximate surface area is 165 Å². The fourth-order valence-electron chi connectivity index (χ4n) is 3.27. The average molecular weight is 423 g/mol. The second-order valence-corrected chi connectivity index (χ2v) is 9.70. The zero-order valence-electron chi connectivity index (χ0n) is 14.7. The van der Waals surface area contributed by atoms with Gasteiger partial charge in [-0.3, -0.25) is 4.90 Å². The number of thiophene rings is 1. The lowest BCUT2D eigenvalue weighted by Crippen LogP contribution is -2.24. The molecule has 148 valence electrons. The quantitative estimate of drug-likeness (QED) is 0.609. The Bertz CT molecular complexity index is 1040. The molecule has 1 aliphatic rings. The molecule has 2 atom stereocenters. The lowest BCUT2D eigenvalue weighted by molar-refractivity contribution is 0.170. The molecule has 4 rings (SSSR count). The minimum atomic E-state index is -3.72. The number of hydrogen-bond donors (Lipinski definition) is 1. The van der Waals surface area contributed by atoms with Gasteiger partial charge in [-0.2, -0.15) is 4.98 Å². The predicted molar refractivity (Wildman–Crippen MR) is 99.7 cm³/mol. The van der Waals surface area contributed by atoms with Crippen molar-refractivity contribution < 1.29 is 22.4 Å². The van der Waals surface area contributed by atoms with Crippen LogP contribution in [0.1, 0.15) is 29.1 Å². The SMILES string of the molecule is O=S(=O)(Cc1noc([C@@H]2C[C@@H](O)CN2Cc2cccs2)n1)c1ccc(F)cc1. The van der Waals surface area contributed by atoms with E-state index in [-0.39, 0.29) is 22.7 Å². The molecule has 0 unspecified atom stereocenters. The van der Waals surface area contributed by atoms with Gasteiger partial charge in [0.1, 0.15) is 11.6 Å². The average Bonchev–Trinajstić information content (AvgIpc) is 3.37. The molecule has 0 saturated carbocycles. The molecule has 2 aromatic heterocycles. The third kappa shape index (κ3) is 4.14. The van der Waals surface area contributed by atoms with Gasteiger partial charge in [-0.15, -0.1) is 11.3 Å². The van der Waals surface area contributed by atoms with Crippen LogP contribution in [0.5, 0.6) is 0 Å². The van der Waals surface area contributed by atoms with Gasteiger partial charge in [0, 0.05) is 18.0 Å². The van der Waals surface area contributed by atoms with Crippen LogP contribution in [-0.2, 0) is 22.1 Å². The summed E-state index contributed by atoms with van der Waals surface area (Å²) in [6.45, 7) is 1.12. The van der Waals surface area contributed by atoms with Gasteiger partial charge in [0.05, 0.1) is 17.0 Å². The first kappa shape index (κ1) is 19.2. The molecular weight excluding hydrogens is 405 g/mol. The van der Waals surface area contributed by atoms with E-state index in [4.69, 9.17) is 4.52 Å². The first-order valence-electron chi connectivity index (χ1n) is 8.66. The van der Waals surface area contributed by atoms with Gasteiger partial charge in [0.25, 0.3) is 0 Å². The molecule has 10 heteroatoms. The van der Waals surface area contributed by atoms with Crippen LogP contribution in [0, 0.1) is 5.82 Å². The van der Waals surface area contributed by atoms with Crippen molar-refractivity contribution in [2.75, 3.05) is 6.54 Å². The van der Waals surface area contributed by atoms with E-state index in [1.54, 1.807) is 11.3 Å². The molecule has 0 radical (unpaired) electrons. The Morgan fingerprint density at radius 2 is 2.07 bits per heavy atom. The molecule has 1 aliphatic heterocycles. The topological polar surface area (TPSA) is 96.5 Å². The third-order valence-corrected chi connectivity index (χ3v) is 7.07. The van der Waals surface area contributed by atoms with E-state index in [0.29, 0.717) is 19.5 Å². The molecular formula is C18H18FN3O4S2. The Morgan fingerprint density at radius 3 is 2.79 bits per heavy atom. The molecule has 28 heavy (non-hydrogen) atoms. The van der Waals surface area contributed by atoms with E-state index in [9.17, 15) is 17.9 Å². The smallest absolute Gasteiger partial charge is 0.244 e. The molecule has 0 spiro atoms. The summed E-state index contributed by atoms with van der Waals surface area (Å²) >= 11 is 1.62. The molecule has 1 aromatic carbocycles. The Hall–Kier alpha value is -2.14. The van der Waals surface area contributed by atoms with Crippen molar-refractivity contribution in [3.05, 3.63) is 64.2 Å². The second-order valence-electron chi connectivity index (χ2n) is 6.68. The van der Waals surface area contributed by atoms with Gasteiger partial charge < -0.3 is 9.63 Å². The van der Waals surface area contributed by atoms with Crippen molar-refractivity contribution in [1.82, 2.24) is 15.0 Å². The van der Waals surface area contributed by atoms with Gasteiger partial charge >= 0.3 is 0 Å². The summed E-state index contributed by atoms with van der Waals surface area (Å²) in [6.07, 6.45) is -0.0687. The first-order valence-corrected chi connectivity index (χ1v) is 11.2. The van der Waals surface area contributed by atoms with E-state index < -0.39 is 27.5 Å². The van der Waals surface area contributed by atoms with E-state index >= 15 is 0 Å².